The number of fused-ring (bicyclic) bond motifs is 1. The Labute approximate surface area is 113 Å². The van der Waals surface area contributed by atoms with Crippen LogP contribution < -0.4 is 11.1 Å². The summed E-state index contributed by atoms with van der Waals surface area (Å²) in [4.78, 5) is 12.3. The van der Waals surface area contributed by atoms with Crippen LogP contribution in [0.1, 0.15) is 36.0 Å². The second-order valence-electron chi connectivity index (χ2n) is 5.46. The second kappa shape index (κ2) is 5.21. The summed E-state index contributed by atoms with van der Waals surface area (Å²) < 4.78 is 5.72. The largest absolute Gasteiger partial charge is 0.398 e. The molecule has 1 aromatic rings. The lowest BCUT2D eigenvalue weighted by atomic mass is 9.81. The van der Waals surface area contributed by atoms with Gasteiger partial charge in [-0.05, 0) is 37.8 Å². The van der Waals surface area contributed by atoms with Gasteiger partial charge in [-0.2, -0.15) is 0 Å². The number of anilines is 1. The number of rotatable bonds is 2. The van der Waals surface area contributed by atoms with Gasteiger partial charge in [0.2, 0.25) is 0 Å². The first-order valence-corrected chi connectivity index (χ1v) is 7.02. The highest BCUT2D eigenvalue weighted by atomic mass is 16.5. The van der Waals surface area contributed by atoms with Gasteiger partial charge in [-0.15, -0.1) is 0 Å². The molecule has 1 amide bonds. The minimum Gasteiger partial charge on any atom is -0.398 e. The van der Waals surface area contributed by atoms with Crippen molar-refractivity contribution >= 4 is 11.6 Å². The molecule has 102 valence electrons. The SMILES string of the molecule is Nc1ccccc1C(=O)NC1CCCC2OCCC12. The van der Waals surface area contributed by atoms with E-state index in [0.717, 1.165) is 32.3 Å². The number of para-hydroxylation sites is 1. The highest BCUT2D eigenvalue weighted by molar-refractivity contribution is 5.99. The lowest BCUT2D eigenvalue weighted by Gasteiger charge is -2.33. The molecule has 4 heteroatoms. The highest BCUT2D eigenvalue weighted by Crippen LogP contribution is 2.34. The molecule has 4 nitrogen and oxygen atoms in total. The maximum Gasteiger partial charge on any atom is 0.253 e. The number of nitrogens with one attached hydrogen (secondary N) is 1. The minimum absolute atomic E-state index is 0.0596. The molecule has 1 aliphatic heterocycles. The Morgan fingerprint density at radius 1 is 1.26 bits per heavy atom. The van der Waals surface area contributed by atoms with Crippen LogP contribution in [-0.4, -0.2) is 24.7 Å². The third-order valence-electron chi connectivity index (χ3n) is 4.30. The molecule has 3 rings (SSSR count). The van der Waals surface area contributed by atoms with Gasteiger partial charge >= 0.3 is 0 Å². The van der Waals surface area contributed by atoms with Crippen LogP contribution in [-0.2, 0) is 4.74 Å². The molecule has 3 atom stereocenters. The molecule has 0 spiro atoms. The average Bonchev–Trinajstić information content (AvgIpc) is 2.88. The van der Waals surface area contributed by atoms with Crippen molar-refractivity contribution in [1.82, 2.24) is 5.32 Å². The van der Waals surface area contributed by atoms with Crippen LogP contribution in [0.3, 0.4) is 0 Å². The van der Waals surface area contributed by atoms with E-state index in [4.69, 9.17) is 10.5 Å². The second-order valence-corrected chi connectivity index (χ2v) is 5.46. The predicted molar refractivity (Wildman–Crippen MR) is 73.8 cm³/mol. The minimum atomic E-state index is -0.0596. The van der Waals surface area contributed by atoms with Crippen LogP contribution in [0.15, 0.2) is 24.3 Å². The Morgan fingerprint density at radius 2 is 2.11 bits per heavy atom. The first-order chi connectivity index (χ1) is 9.25. The fourth-order valence-corrected chi connectivity index (χ4v) is 3.30. The normalized spacial score (nSPS) is 29.8. The zero-order chi connectivity index (χ0) is 13.2. The number of benzene rings is 1. The van der Waals surface area contributed by atoms with E-state index in [-0.39, 0.29) is 11.9 Å². The molecule has 0 aromatic heterocycles. The van der Waals surface area contributed by atoms with Crippen molar-refractivity contribution < 1.29 is 9.53 Å². The van der Waals surface area contributed by atoms with Gasteiger partial charge < -0.3 is 15.8 Å². The predicted octanol–water partition coefficient (Wildman–Crippen LogP) is 1.96. The van der Waals surface area contributed by atoms with E-state index < -0.39 is 0 Å². The number of hydrogen-bond donors (Lipinski definition) is 2. The lowest BCUT2D eigenvalue weighted by molar-refractivity contribution is 0.0510. The van der Waals surface area contributed by atoms with Gasteiger partial charge in [0.05, 0.1) is 11.7 Å². The summed E-state index contributed by atoms with van der Waals surface area (Å²) in [5.74, 6) is 0.415. The van der Waals surface area contributed by atoms with Crippen molar-refractivity contribution in [3.63, 3.8) is 0 Å². The third-order valence-corrected chi connectivity index (χ3v) is 4.30. The van der Waals surface area contributed by atoms with Crippen LogP contribution >= 0.6 is 0 Å². The van der Waals surface area contributed by atoms with E-state index in [9.17, 15) is 4.79 Å². The van der Waals surface area contributed by atoms with E-state index >= 15 is 0 Å². The van der Waals surface area contributed by atoms with Crippen molar-refractivity contribution in [3.8, 4) is 0 Å². The van der Waals surface area contributed by atoms with E-state index in [0.29, 0.717) is 23.3 Å². The Balaban J connectivity index is 1.71. The molecular weight excluding hydrogens is 240 g/mol. The number of nitrogen functional groups attached to an aromatic ring is 1. The number of nitrogens with two attached hydrogens (primary N) is 1. The van der Waals surface area contributed by atoms with Crippen LogP contribution in [0.2, 0.25) is 0 Å². The van der Waals surface area contributed by atoms with E-state index in [1.165, 1.54) is 0 Å². The molecule has 0 radical (unpaired) electrons. The Hall–Kier alpha value is -1.55. The summed E-state index contributed by atoms with van der Waals surface area (Å²) >= 11 is 0. The van der Waals surface area contributed by atoms with Gasteiger partial charge in [-0.25, -0.2) is 0 Å². The van der Waals surface area contributed by atoms with Crippen LogP contribution in [0, 0.1) is 5.92 Å². The molecular formula is C15H20N2O2. The van der Waals surface area contributed by atoms with Gasteiger partial charge in [0.25, 0.3) is 5.91 Å². The maximum absolute atomic E-state index is 12.3. The zero-order valence-corrected chi connectivity index (χ0v) is 11.0. The Kier molecular flexibility index (Phi) is 3.42. The first-order valence-electron chi connectivity index (χ1n) is 7.02. The lowest BCUT2D eigenvalue weighted by Crippen LogP contribution is -2.45. The number of amides is 1. The monoisotopic (exact) mass is 260 g/mol. The maximum atomic E-state index is 12.3. The molecule has 2 fully saturated rings. The van der Waals surface area contributed by atoms with Gasteiger partial charge in [-0.3, -0.25) is 4.79 Å². The fourth-order valence-electron chi connectivity index (χ4n) is 3.30. The quantitative estimate of drug-likeness (QED) is 0.799. The van der Waals surface area contributed by atoms with Gasteiger partial charge in [0.15, 0.2) is 0 Å². The molecule has 19 heavy (non-hydrogen) atoms. The summed E-state index contributed by atoms with van der Waals surface area (Å²) in [5.41, 5.74) is 6.96. The molecule has 3 N–H and O–H groups in total. The molecule has 1 aromatic carbocycles. The zero-order valence-electron chi connectivity index (χ0n) is 11.0. The molecule has 1 heterocycles. The van der Waals surface area contributed by atoms with E-state index in [2.05, 4.69) is 5.32 Å². The number of carbonyl (C=O) groups excluding carboxylic acids is 1. The topological polar surface area (TPSA) is 64.4 Å². The molecule has 1 saturated carbocycles. The summed E-state index contributed by atoms with van der Waals surface area (Å²) in [6.45, 7) is 0.829. The van der Waals surface area contributed by atoms with E-state index in [1.807, 2.05) is 12.1 Å². The molecule has 3 unspecified atom stereocenters. The summed E-state index contributed by atoms with van der Waals surface area (Å²) in [7, 11) is 0. The van der Waals surface area contributed by atoms with Gasteiger partial charge in [0.1, 0.15) is 0 Å². The standard InChI is InChI=1S/C15H20N2O2/c16-12-5-2-1-4-10(12)15(18)17-13-6-3-7-14-11(13)8-9-19-14/h1-2,4-5,11,13-14H,3,6-9,16H2,(H,17,18). The third kappa shape index (κ3) is 2.45. The smallest absolute Gasteiger partial charge is 0.253 e. The number of carbonyl (C=O) groups is 1. The van der Waals surface area contributed by atoms with Crippen molar-refractivity contribution in [1.29, 1.82) is 0 Å². The molecule has 1 aliphatic carbocycles. The summed E-state index contributed by atoms with van der Waals surface area (Å²) in [6, 6.07) is 7.45. The van der Waals surface area contributed by atoms with Crippen LogP contribution in [0.5, 0.6) is 0 Å². The van der Waals surface area contributed by atoms with Crippen LogP contribution in [0.4, 0.5) is 5.69 Å². The van der Waals surface area contributed by atoms with E-state index in [1.54, 1.807) is 12.1 Å². The van der Waals surface area contributed by atoms with Crippen molar-refractivity contribution in [2.24, 2.45) is 5.92 Å². The fraction of sp³-hybridized carbons (Fsp3) is 0.533. The number of ether oxygens (including phenoxy) is 1. The van der Waals surface area contributed by atoms with Crippen molar-refractivity contribution in [3.05, 3.63) is 29.8 Å². The average molecular weight is 260 g/mol. The highest BCUT2D eigenvalue weighted by Gasteiger charge is 2.38. The molecule has 1 saturated heterocycles. The van der Waals surface area contributed by atoms with Gasteiger partial charge in [0, 0.05) is 24.3 Å². The van der Waals surface area contributed by atoms with Gasteiger partial charge in [-0.1, -0.05) is 12.1 Å². The van der Waals surface area contributed by atoms with Crippen molar-refractivity contribution in [2.75, 3.05) is 12.3 Å². The molecule has 0 bridgehead atoms. The molecule has 2 aliphatic rings. The Morgan fingerprint density at radius 3 is 2.95 bits per heavy atom. The first kappa shape index (κ1) is 12.5. The van der Waals surface area contributed by atoms with Crippen LogP contribution in [0.25, 0.3) is 0 Å². The summed E-state index contributed by atoms with van der Waals surface area (Å²) in [6.07, 6.45) is 4.69. The summed E-state index contributed by atoms with van der Waals surface area (Å²) in [5, 5.41) is 3.15. The van der Waals surface area contributed by atoms with Crippen molar-refractivity contribution in [2.45, 2.75) is 37.8 Å². The Bertz CT molecular complexity index is 475. The number of hydrogen-bond acceptors (Lipinski definition) is 3.